The van der Waals surface area contributed by atoms with E-state index in [4.69, 9.17) is 14.2 Å². The van der Waals surface area contributed by atoms with Gasteiger partial charge >= 0.3 is 17.6 Å². The van der Waals surface area contributed by atoms with Crippen molar-refractivity contribution in [1.29, 1.82) is 0 Å². The molecule has 0 aliphatic rings. The number of benzene rings is 2. The Hall–Kier alpha value is -3.68. The molecule has 1 heterocycles. The summed E-state index contributed by atoms with van der Waals surface area (Å²) in [5, 5.41) is 12.8. The SMILES string of the molecule is COC(=O)c1c(COC(=O)c2ccccc2C)nc2ccc(OC)cc2[n+]1[O-]. The number of nitrogens with zero attached hydrogens (tertiary/aromatic N) is 2. The number of aryl methyl sites for hydroxylation is 1. The Bertz CT molecular complexity index is 1060. The molecule has 0 aliphatic carbocycles. The van der Waals surface area contributed by atoms with E-state index in [1.807, 2.05) is 0 Å². The fraction of sp³-hybridized carbons (Fsp3) is 0.200. The molecular formula is C20H18N2O6. The van der Waals surface area contributed by atoms with Crippen LogP contribution >= 0.6 is 0 Å². The Morgan fingerprint density at radius 3 is 2.54 bits per heavy atom. The lowest BCUT2D eigenvalue weighted by Crippen LogP contribution is -2.38. The zero-order valence-electron chi connectivity index (χ0n) is 15.6. The van der Waals surface area contributed by atoms with Gasteiger partial charge in [-0.25, -0.2) is 14.6 Å². The van der Waals surface area contributed by atoms with Crippen molar-refractivity contribution in [3.8, 4) is 5.75 Å². The van der Waals surface area contributed by atoms with E-state index in [9.17, 15) is 14.8 Å². The Morgan fingerprint density at radius 1 is 1.11 bits per heavy atom. The summed E-state index contributed by atoms with van der Waals surface area (Å²) in [6.07, 6.45) is 0. The summed E-state index contributed by atoms with van der Waals surface area (Å²) in [5.74, 6) is -1.02. The molecule has 0 aliphatic heterocycles. The average molecular weight is 382 g/mol. The van der Waals surface area contributed by atoms with E-state index in [1.54, 1.807) is 43.3 Å². The number of aromatic nitrogens is 2. The zero-order valence-corrected chi connectivity index (χ0v) is 15.6. The van der Waals surface area contributed by atoms with Crippen LogP contribution in [0.5, 0.6) is 5.75 Å². The van der Waals surface area contributed by atoms with Crippen molar-refractivity contribution in [2.75, 3.05) is 14.2 Å². The molecule has 2 aromatic carbocycles. The van der Waals surface area contributed by atoms with Crippen LogP contribution in [0.4, 0.5) is 0 Å². The van der Waals surface area contributed by atoms with Crippen molar-refractivity contribution in [3.63, 3.8) is 0 Å². The zero-order chi connectivity index (χ0) is 20.3. The third-order valence-electron chi connectivity index (χ3n) is 4.22. The first-order valence-electron chi connectivity index (χ1n) is 8.37. The maximum Gasteiger partial charge on any atom is 0.406 e. The molecule has 0 radical (unpaired) electrons. The summed E-state index contributed by atoms with van der Waals surface area (Å²) in [5.41, 5.74) is 1.25. The predicted octanol–water partition coefficient (Wildman–Crippen LogP) is 2.33. The van der Waals surface area contributed by atoms with Crippen LogP contribution in [0, 0.1) is 12.1 Å². The van der Waals surface area contributed by atoms with E-state index >= 15 is 0 Å². The van der Waals surface area contributed by atoms with E-state index in [1.165, 1.54) is 13.2 Å². The highest BCUT2D eigenvalue weighted by molar-refractivity contribution is 5.91. The van der Waals surface area contributed by atoms with Gasteiger partial charge in [-0.2, -0.15) is 4.73 Å². The summed E-state index contributed by atoms with van der Waals surface area (Å²) in [7, 11) is 2.62. The van der Waals surface area contributed by atoms with E-state index in [2.05, 4.69) is 4.98 Å². The van der Waals surface area contributed by atoms with E-state index in [0.29, 0.717) is 21.6 Å². The lowest BCUT2D eigenvalue weighted by Gasteiger charge is -2.12. The molecule has 8 heteroatoms. The maximum atomic E-state index is 12.8. The molecule has 0 atom stereocenters. The van der Waals surface area contributed by atoms with E-state index < -0.39 is 11.9 Å². The highest BCUT2D eigenvalue weighted by atomic mass is 16.5. The van der Waals surface area contributed by atoms with Crippen LogP contribution in [0.25, 0.3) is 11.0 Å². The van der Waals surface area contributed by atoms with Gasteiger partial charge in [-0.15, -0.1) is 0 Å². The van der Waals surface area contributed by atoms with Gasteiger partial charge in [-0.05, 0) is 30.7 Å². The second-order valence-electron chi connectivity index (χ2n) is 5.94. The van der Waals surface area contributed by atoms with E-state index in [0.717, 1.165) is 12.7 Å². The van der Waals surface area contributed by atoms with Crippen LogP contribution in [0.2, 0.25) is 0 Å². The number of hydrogen-bond donors (Lipinski definition) is 0. The van der Waals surface area contributed by atoms with Crippen LogP contribution in [0.3, 0.4) is 0 Å². The highest BCUT2D eigenvalue weighted by Crippen LogP contribution is 2.19. The van der Waals surface area contributed by atoms with Crippen LogP contribution in [0.1, 0.15) is 32.1 Å². The Balaban J connectivity index is 2.00. The van der Waals surface area contributed by atoms with E-state index in [-0.39, 0.29) is 23.5 Å². The number of ether oxygens (including phenoxy) is 3. The molecule has 1 aromatic heterocycles. The summed E-state index contributed by atoms with van der Waals surface area (Å²) in [6, 6.07) is 11.6. The molecule has 0 fully saturated rings. The summed E-state index contributed by atoms with van der Waals surface area (Å²) in [4.78, 5) is 28.8. The molecule has 0 amide bonds. The van der Waals surface area contributed by atoms with Crippen molar-refractivity contribution in [1.82, 2.24) is 4.98 Å². The Labute approximate surface area is 160 Å². The van der Waals surface area contributed by atoms with Crippen molar-refractivity contribution >= 4 is 23.0 Å². The first-order valence-corrected chi connectivity index (χ1v) is 8.37. The minimum atomic E-state index is -0.880. The minimum absolute atomic E-state index is 0.00134. The fourth-order valence-corrected chi connectivity index (χ4v) is 2.74. The first kappa shape index (κ1) is 19.1. The largest absolute Gasteiger partial charge is 0.618 e. The predicted molar refractivity (Wildman–Crippen MR) is 98.9 cm³/mol. The van der Waals surface area contributed by atoms with Crippen LogP contribution in [-0.4, -0.2) is 31.1 Å². The smallest absolute Gasteiger partial charge is 0.406 e. The highest BCUT2D eigenvalue weighted by Gasteiger charge is 2.28. The molecule has 0 spiro atoms. The van der Waals surface area contributed by atoms with Gasteiger partial charge in [0.05, 0.1) is 25.8 Å². The van der Waals surface area contributed by atoms with Crippen LogP contribution < -0.4 is 9.47 Å². The summed E-state index contributed by atoms with van der Waals surface area (Å²) < 4.78 is 15.5. The van der Waals surface area contributed by atoms with Gasteiger partial charge in [0.2, 0.25) is 5.52 Å². The van der Waals surface area contributed by atoms with Gasteiger partial charge in [-0.3, -0.25) is 0 Å². The van der Waals surface area contributed by atoms with Crippen molar-refractivity contribution in [2.45, 2.75) is 13.5 Å². The molecule has 0 N–H and O–H groups in total. The van der Waals surface area contributed by atoms with Gasteiger partial charge in [0.25, 0.3) is 0 Å². The summed E-state index contributed by atoms with van der Waals surface area (Å²) >= 11 is 0. The number of fused-ring (bicyclic) bond motifs is 1. The molecule has 0 unspecified atom stereocenters. The molecule has 0 bridgehead atoms. The molecule has 144 valence electrons. The molecule has 28 heavy (non-hydrogen) atoms. The number of methoxy groups -OCH3 is 2. The third kappa shape index (κ3) is 3.57. The number of esters is 2. The number of rotatable bonds is 5. The third-order valence-corrected chi connectivity index (χ3v) is 4.22. The second kappa shape index (κ2) is 7.91. The van der Waals surface area contributed by atoms with Gasteiger partial charge in [-0.1, -0.05) is 18.2 Å². The fourth-order valence-electron chi connectivity index (χ4n) is 2.74. The molecule has 0 saturated heterocycles. The molecule has 3 aromatic rings. The standard InChI is InChI=1S/C20H18N2O6/c1-12-6-4-5-7-14(12)19(23)28-11-16-18(20(24)27-3)22(25)17-10-13(26-2)8-9-15(17)21-16/h4-10H,11H2,1-3H3. The molecule has 0 saturated carbocycles. The second-order valence-corrected chi connectivity index (χ2v) is 5.94. The number of carbonyl (C=O) groups excluding carboxylic acids is 2. The number of hydrogen-bond acceptors (Lipinski definition) is 7. The van der Waals surface area contributed by atoms with Crippen molar-refractivity contribution in [3.05, 3.63) is 70.2 Å². The summed E-state index contributed by atoms with van der Waals surface area (Å²) in [6.45, 7) is 1.42. The molecule has 3 rings (SSSR count). The first-order chi connectivity index (χ1) is 13.5. The monoisotopic (exact) mass is 382 g/mol. The topological polar surface area (TPSA) is 102 Å². The van der Waals surface area contributed by atoms with Gasteiger partial charge in [0.15, 0.2) is 5.69 Å². The lowest BCUT2D eigenvalue weighted by atomic mass is 10.1. The lowest BCUT2D eigenvalue weighted by molar-refractivity contribution is -0.581. The van der Waals surface area contributed by atoms with Crippen LogP contribution in [-0.2, 0) is 16.1 Å². The molecule has 8 nitrogen and oxygen atoms in total. The minimum Gasteiger partial charge on any atom is -0.618 e. The Kier molecular flexibility index (Phi) is 5.39. The van der Waals surface area contributed by atoms with Crippen molar-refractivity contribution < 1.29 is 28.5 Å². The van der Waals surface area contributed by atoms with Gasteiger partial charge in [0.1, 0.15) is 17.9 Å². The van der Waals surface area contributed by atoms with Crippen molar-refractivity contribution in [2.24, 2.45) is 0 Å². The van der Waals surface area contributed by atoms with Gasteiger partial charge < -0.3 is 19.4 Å². The average Bonchev–Trinajstić information content (AvgIpc) is 2.71. The maximum absolute atomic E-state index is 12.8. The van der Waals surface area contributed by atoms with Gasteiger partial charge in [0, 0.05) is 0 Å². The quantitative estimate of drug-likeness (QED) is 0.379. The van der Waals surface area contributed by atoms with Crippen LogP contribution in [0.15, 0.2) is 42.5 Å². The number of carbonyl (C=O) groups is 2. The molecular weight excluding hydrogens is 364 g/mol. The normalized spacial score (nSPS) is 10.5. The Morgan fingerprint density at radius 2 is 1.86 bits per heavy atom.